The second kappa shape index (κ2) is 10.3. The number of hydrogen-bond donors (Lipinski definition) is 2. The summed E-state index contributed by atoms with van der Waals surface area (Å²) < 4.78 is 6.20. The normalized spacial score (nSPS) is 45.2. The molecule has 0 unspecified atom stereocenters. The molecule has 0 saturated heterocycles. The molecule has 1 aromatic rings. The largest absolute Gasteiger partial charge is 0.504 e. The van der Waals surface area contributed by atoms with Gasteiger partial charge in [-0.2, -0.15) is 0 Å². The third-order valence-corrected chi connectivity index (χ3v) is 15.4. The Morgan fingerprint density at radius 1 is 0.837 bits per heavy atom. The molecule has 0 aliphatic heterocycles. The number of carbonyl (C=O) groups is 1. The first-order valence-electron chi connectivity index (χ1n) is 17.5. The van der Waals surface area contributed by atoms with Crippen molar-refractivity contribution < 1.29 is 19.7 Å². The Morgan fingerprint density at radius 2 is 1.58 bits per heavy atom. The van der Waals surface area contributed by atoms with Crippen LogP contribution in [0.4, 0.5) is 0 Å². The number of ether oxygens (including phenoxy) is 1. The monoisotopic (exact) mass is 590 g/mol. The molecule has 4 heteroatoms. The Kier molecular flexibility index (Phi) is 7.42. The lowest BCUT2D eigenvalue weighted by Crippen LogP contribution is -2.66. The highest BCUT2D eigenvalue weighted by Gasteiger charge is 2.70. The molecular formula is C39H58O4. The zero-order valence-corrected chi connectivity index (χ0v) is 28.2. The highest BCUT2D eigenvalue weighted by atomic mass is 16.5. The van der Waals surface area contributed by atoms with Gasteiger partial charge in [0.25, 0.3) is 0 Å². The van der Waals surface area contributed by atoms with Crippen LogP contribution in [0.25, 0.3) is 6.08 Å². The van der Waals surface area contributed by atoms with Gasteiger partial charge in [0.15, 0.2) is 11.5 Å². The van der Waals surface area contributed by atoms with Crippen molar-refractivity contribution in [2.75, 3.05) is 0 Å². The maximum absolute atomic E-state index is 13.0. The van der Waals surface area contributed by atoms with Gasteiger partial charge in [0.1, 0.15) is 6.10 Å². The van der Waals surface area contributed by atoms with Crippen molar-refractivity contribution in [3.05, 3.63) is 29.8 Å². The van der Waals surface area contributed by atoms with E-state index in [1.165, 1.54) is 69.6 Å². The quantitative estimate of drug-likeness (QED) is 0.208. The molecule has 0 aromatic heterocycles. The van der Waals surface area contributed by atoms with Crippen LogP contribution in [0.5, 0.6) is 11.5 Å². The third-order valence-electron chi connectivity index (χ3n) is 15.4. The third kappa shape index (κ3) is 4.53. The summed E-state index contributed by atoms with van der Waals surface area (Å²) in [6, 6.07) is 4.55. The highest BCUT2D eigenvalue weighted by molar-refractivity contribution is 5.87. The molecule has 5 aliphatic carbocycles. The van der Waals surface area contributed by atoms with Gasteiger partial charge in [-0.3, -0.25) is 0 Å². The van der Waals surface area contributed by atoms with Crippen molar-refractivity contribution in [1.82, 2.24) is 0 Å². The van der Waals surface area contributed by atoms with Crippen LogP contribution in [-0.4, -0.2) is 22.3 Å². The van der Waals surface area contributed by atoms with Crippen LogP contribution in [0.2, 0.25) is 0 Å². The van der Waals surface area contributed by atoms with E-state index in [0.717, 1.165) is 42.4 Å². The standard InChI is InChI=1S/C39H58O4/c1-24(2)26-15-18-36(5)21-22-38(7)27(34(26)36)11-13-31-37(6)19-17-32(35(3,4)30(37)16-20-39(31,38)8)43-33(42)14-10-25-9-12-28(40)29(41)23-25/h9-10,12,14,23-24,26-27,30-32,34,40-41H,11,13,15-22H2,1-8H3/b14-10+/t26-,27+,30-,31+,32-,34+,36+,37-,38+,39+/m0/s1. The first kappa shape index (κ1) is 31.0. The summed E-state index contributed by atoms with van der Waals surface area (Å²) >= 11 is 0. The van der Waals surface area contributed by atoms with Crippen molar-refractivity contribution in [1.29, 1.82) is 0 Å². The fraction of sp³-hybridized carbons (Fsp3) is 0.769. The lowest BCUT2D eigenvalue weighted by molar-refractivity contribution is -0.250. The number of phenolic OH excluding ortho intramolecular Hbond substituents is 2. The minimum Gasteiger partial charge on any atom is -0.504 e. The van der Waals surface area contributed by atoms with Gasteiger partial charge in [-0.05, 0) is 145 Å². The number of esters is 1. The molecule has 1 aromatic carbocycles. The van der Waals surface area contributed by atoms with Gasteiger partial charge in [0, 0.05) is 11.5 Å². The predicted octanol–water partition coefficient (Wildman–Crippen LogP) is 9.78. The number of hydrogen-bond acceptors (Lipinski definition) is 4. The van der Waals surface area contributed by atoms with Crippen LogP contribution in [0.3, 0.4) is 0 Å². The van der Waals surface area contributed by atoms with Crippen LogP contribution in [-0.2, 0) is 9.53 Å². The lowest BCUT2D eigenvalue weighted by Gasteiger charge is -2.73. The first-order chi connectivity index (χ1) is 20.1. The van der Waals surface area contributed by atoms with Gasteiger partial charge in [-0.25, -0.2) is 4.79 Å². The topological polar surface area (TPSA) is 66.8 Å². The molecule has 5 saturated carbocycles. The Labute approximate surface area is 261 Å². The summed E-state index contributed by atoms with van der Waals surface area (Å²) in [5.41, 5.74) is 2.15. The molecule has 0 radical (unpaired) electrons. The van der Waals surface area contributed by atoms with Gasteiger partial charge in [0.05, 0.1) is 0 Å². The van der Waals surface area contributed by atoms with Gasteiger partial charge < -0.3 is 14.9 Å². The summed E-state index contributed by atoms with van der Waals surface area (Å²) in [4.78, 5) is 13.0. The number of aromatic hydroxyl groups is 2. The van der Waals surface area contributed by atoms with Crippen LogP contribution >= 0.6 is 0 Å². The van der Waals surface area contributed by atoms with Crippen LogP contribution in [0, 0.1) is 62.6 Å². The summed E-state index contributed by atoms with van der Waals surface area (Å²) in [5, 5.41) is 19.4. The molecule has 5 aliphatic rings. The number of carbonyl (C=O) groups excluding carboxylic acids is 1. The van der Waals surface area contributed by atoms with E-state index >= 15 is 0 Å². The van der Waals surface area contributed by atoms with E-state index in [1.807, 2.05) is 0 Å². The summed E-state index contributed by atoms with van der Waals surface area (Å²) in [6.07, 6.45) is 16.0. The number of phenols is 2. The average molecular weight is 591 g/mol. The Hall–Kier alpha value is -1.97. The molecule has 2 N–H and O–H groups in total. The SMILES string of the molecule is CC(C)[C@@H]1CC[C@]2(C)CC[C@]3(C)[C@H](CC[C@@H]4[C@@]5(C)CC[C@H](OC(=O)/C=C/c6ccc(O)c(O)c6)C(C)(C)[C@@H]5CC[C@]43C)[C@@H]12. The maximum atomic E-state index is 13.0. The number of benzene rings is 1. The molecule has 4 nitrogen and oxygen atoms in total. The van der Waals surface area contributed by atoms with Crippen molar-refractivity contribution in [2.24, 2.45) is 62.6 Å². The Morgan fingerprint density at radius 3 is 2.28 bits per heavy atom. The van der Waals surface area contributed by atoms with E-state index in [2.05, 4.69) is 55.4 Å². The molecule has 238 valence electrons. The minimum absolute atomic E-state index is 0.0916. The molecule has 10 atom stereocenters. The second-order valence-electron chi connectivity index (χ2n) is 17.7. The molecule has 0 bridgehead atoms. The van der Waals surface area contributed by atoms with Gasteiger partial charge in [-0.1, -0.05) is 61.5 Å². The molecule has 5 fully saturated rings. The van der Waals surface area contributed by atoms with Crippen molar-refractivity contribution >= 4 is 12.0 Å². The van der Waals surface area contributed by atoms with Crippen molar-refractivity contribution in [3.8, 4) is 11.5 Å². The molecule has 6 rings (SSSR count). The van der Waals surface area contributed by atoms with Crippen LogP contribution in [0.15, 0.2) is 24.3 Å². The van der Waals surface area contributed by atoms with E-state index in [0.29, 0.717) is 27.7 Å². The highest BCUT2D eigenvalue weighted by Crippen LogP contribution is 2.77. The molecule has 0 amide bonds. The van der Waals surface area contributed by atoms with Crippen molar-refractivity contribution in [2.45, 2.75) is 126 Å². The van der Waals surface area contributed by atoms with E-state index in [1.54, 1.807) is 12.1 Å². The average Bonchev–Trinajstić information content (AvgIpc) is 3.29. The zero-order valence-electron chi connectivity index (χ0n) is 28.2. The summed E-state index contributed by atoms with van der Waals surface area (Å²) in [7, 11) is 0. The number of fused-ring (bicyclic) bond motifs is 7. The van der Waals surface area contributed by atoms with Crippen LogP contribution in [0.1, 0.15) is 125 Å². The second-order valence-corrected chi connectivity index (χ2v) is 17.7. The number of rotatable bonds is 4. The van der Waals surface area contributed by atoms with E-state index in [4.69, 9.17) is 4.74 Å². The molecule has 43 heavy (non-hydrogen) atoms. The van der Waals surface area contributed by atoms with Gasteiger partial charge >= 0.3 is 5.97 Å². The molecule has 0 heterocycles. The fourth-order valence-corrected chi connectivity index (χ4v) is 12.9. The predicted molar refractivity (Wildman–Crippen MR) is 173 cm³/mol. The zero-order chi connectivity index (χ0) is 31.2. The van der Waals surface area contributed by atoms with E-state index in [9.17, 15) is 15.0 Å². The Bertz CT molecular complexity index is 1280. The van der Waals surface area contributed by atoms with Gasteiger partial charge in [-0.15, -0.1) is 0 Å². The first-order valence-corrected chi connectivity index (χ1v) is 17.5. The Balaban J connectivity index is 1.21. The summed E-state index contributed by atoms with van der Waals surface area (Å²) in [6.45, 7) is 20.4. The minimum atomic E-state index is -0.329. The van der Waals surface area contributed by atoms with Crippen molar-refractivity contribution in [3.63, 3.8) is 0 Å². The smallest absolute Gasteiger partial charge is 0.331 e. The fourth-order valence-electron chi connectivity index (χ4n) is 12.9. The maximum Gasteiger partial charge on any atom is 0.331 e. The van der Waals surface area contributed by atoms with E-state index < -0.39 is 0 Å². The van der Waals surface area contributed by atoms with Crippen LogP contribution < -0.4 is 0 Å². The van der Waals surface area contributed by atoms with E-state index in [-0.39, 0.29) is 34.4 Å². The summed E-state index contributed by atoms with van der Waals surface area (Å²) in [5.74, 6) is 3.99. The molecule has 0 spiro atoms. The molecular weight excluding hydrogens is 532 g/mol. The van der Waals surface area contributed by atoms with Gasteiger partial charge in [0.2, 0.25) is 0 Å². The lowest BCUT2D eigenvalue weighted by atomic mass is 9.32.